The summed E-state index contributed by atoms with van der Waals surface area (Å²) in [5.74, 6) is -0.377. The van der Waals surface area contributed by atoms with Gasteiger partial charge in [-0.05, 0) is 37.5 Å². The highest BCUT2D eigenvalue weighted by molar-refractivity contribution is 5.85. The molecule has 21 heavy (non-hydrogen) atoms. The van der Waals surface area contributed by atoms with Gasteiger partial charge in [0.2, 0.25) is 5.91 Å². The molecule has 1 aromatic rings. The van der Waals surface area contributed by atoms with Crippen LogP contribution in [0.2, 0.25) is 0 Å². The van der Waals surface area contributed by atoms with E-state index in [1.807, 2.05) is 50.2 Å². The van der Waals surface area contributed by atoms with Gasteiger partial charge in [0.1, 0.15) is 5.54 Å². The minimum absolute atomic E-state index is 0.171. The number of ether oxygens (including phenoxy) is 1. The lowest BCUT2D eigenvalue weighted by atomic mass is 9.90. The number of rotatable bonds is 6. The van der Waals surface area contributed by atoms with E-state index in [1.165, 1.54) is 0 Å². The van der Waals surface area contributed by atoms with Crippen molar-refractivity contribution in [3.8, 4) is 0 Å². The lowest BCUT2D eigenvalue weighted by Gasteiger charge is -2.30. The van der Waals surface area contributed by atoms with E-state index >= 15 is 0 Å². The number of nitrogens with zero attached hydrogens (tertiary/aromatic N) is 1. The van der Waals surface area contributed by atoms with Gasteiger partial charge in [-0.25, -0.2) is 0 Å². The number of nitrogens with one attached hydrogen (secondary N) is 1. The normalized spacial score (nSPS) is 21.0. The van der Waals surface area contributed by atoms with Crippen LogP contribution in [0.15, 0.2) is 24.3 Å². The van der Waals surface area contributed by atoms with Crippen molar-refractivity contribution in [2.24, 2.45) is 5.73 Å². The number of anilines is 1. The largest absolute Gasteiger partial charge is 0.378 e. The van der Waals surface area contributed by atoms with Gasteiger partial charge in [-0.2, -0.15) is 0 Å². The van der Waals surface area contributed by atoms with Crippen molar-refractivity contribution >= 4 is 11.6 Å². The molecule has 1 saturated heterocycles. The summed E-state index contributed by atoms with van der Waals surface area (Å²) in [6, 6.07) is 7.87. The number of amides is 1. The summed E-state index contributed by atoms with van der Waals surface area (Å²) in [4.78, 5) is 14.0. The molecule has 5 nitrogen and oxygen atoms in total. The van der Waals surface area contributed by atoms with E-state index in [9.17, 15) is 4.79 Å². The van der Waals surface area contributed by atoms with Crippen molar-refractivity contribution in [3.05, 3.63) is 29.8 Å². The van der Waals surface area contributed by atoms with E-state index in [4.69, 9.17) is 10.5 Å². The van der Waals surface area contributed by atoms with Gasteiger partial charge in [0.05, 0.1) is 6.10 Å². The Hall–Kier alpha value is -1.59. The second-order valence-electron chi connectivity index (χ2n) is 5.95. The lowest BCUT2D eigenvalue weighted by molar-refractivity contribution is -0.124. The number of nitrogens with two attached hydrogens (primary N) is 1. The zero-order valence-electron chi connectivity index (χ0n) is 13.1. The van der Waals surface area contributed by atoms with E-state index in [0.29, 0.717) is 6.54 Å². The fraction of sp³-hybridized carbons (Fsp3) is 0.562. The van der Waals surface area contributed by atoms with Crippen LogP contribution in [0, 0.1) is 0 Å². The molecule has 0 bridgehead atoms. The van der Waals surface area contributed by atoms with E-state index in [-0.39, 0.29) is 12.0 Å². The lowest BCUT2D eigenvalue weighted by Crippen LogP contribution is -2.52. The van der Waals surface area contributed by atoms with Gasteiger partial charge in [0, 0.05) is 32.9 Å². The monoisotopic (exact) mass is 291 g/mol. The maximum absolute atomic E-state index is 12.0. The fourth-order valence-corrected chi connectivity index (χ4v) is 2.55. The van der Waals surface area contributed by atoms with Crippen LogP contribution in [-0.2, 0) is 15.1 Å². The summed E-state index contributed by atoms with van der Waals surface area (Å²) in [6.07, 6.45) is 2.28. The second kappa shape index (κ2) is 6.45. The standard InChI is InChI=1S/C16H25N3O2/c1-16(15(17)20,18-11-14-5-4-10-21-14)12-6-8-13(9-7-12)19(2)3/h6-9,14,18H,4-5,10-11H2,1-3H3,(H2,17,20). The van der Waals surface area contributed by atoms with Crippen molar-refractivity contribution in [2.45, 2.75) is 31.4 Å². The zero-order chi connectivity index (χ0) is 15.5. The maximum atomic E-state index is 12.0. The van der Waals surface area contributed by atoms with Crippen molar-refractivity contribution in [2.75, 3.05) is 32.1 Å². The molecule has 2 unspecified atom stereocenters. The van der Waals surface area contributed by atoms with E-state index in [0.717, 1.165) is 30.7 Å². The predicted molar refractivity (Wildman–Crippen MR) is 84.3 cm³/mol. The SMILES string of the molecule is CN(C)c1ccc(C(C)(NCC2CCCO2)C(N)=O)cc1. The molecular weight excluding hydrogens is 266 g/mol. The van der Waals surface area contributed by atoms with Gasteiger partial charge < -0.3 is 15.4 Å². The summed E-state index contributed by atoms with van der Waals surface area (Å²) in [6.45, 7) is 3.26. The topological polar surface area (TPSA) is 67.6 Å². The van der Waals surface area contributed by atoms with Crippen LogP contribution in [0.4, 0.5) is 5.69 Å². The summed E-state index contributed by atoms with van der Waals surface area (Å²) in [5.41, 5.74) is 6.72. The van der Waals surface area contributed by atoms with Gasteiger partial charge in [0.15, 0.2) is 0 Å². The number of hydrogen-bond donors (Lipinski definition) is 2. The number of carbonyl (C=O) groups is 1. The molecule has 0 aliphatic carbocycles. The average Bonchev–Trinajstić information content (AvgIpc) is 2.98. The Balaban J connectivity index is 2.13. The molecule has 0 saturated carbocycles. The summed E-state index contributed by atoms with van der Waals surface area (Å²) in [5, 5.41) is 3.29. The predicted octanol–water partition coefficient (Wildman–Crippen LogP) is 1.22. The number of benzene rings is 1. The third kappa shape index (κ3) is 3.54. The van der Waals surface area contributed by atoms with E-state index < -0.39 is 5.54 Å². The Kier molecular flexibility index (Phi) is 4.85. The van der Waals surface area contributed by atoms with Crippen LogP contribution in [-0.4, -0.2) is 39.3 Å². The molecule has 116 valence electrons. The number of hydrogen-bond acceptors (Lipinski definition) is 4. The van der Waals surface area contributed by atoms with Crippen LogP contribution in [0.3, 0.4) is 0 Å². The first-order chi connectivity index (χ1) is 9.93. The summed E-state index contributed by atoms with van der Waals surface area (Å²) >= 11 is 0. The minimum Gasteiger partial charge on any atom is -0.378 e. The highest BCUT2D eigenvalue weighted by Gasteiger charge is 2.33. The molecule has 0 aromatic heterocycles. The third-order valence-electron chi connectivity index (χ3n) is 4.16. The third-order valence-corrected chi connectivity index (χ3v) is 4.16. The first-order valence-electron chi connectivity index (χ1n) is 7.38. The molecule has 1 aromatic carbocycles. The molecule has 2 rings (SSSR count). The van der Waals surface area contributed by atoms with Crippen LogP contribution in [0.1, 0.15) is 25.3 Å². The summed E-state index contributed by atoms with van der Waals surface area (Å²) < 4.78 is 5.59. The van der Waals surface area contributed by atoms with E-state index in [2.05, 4.69) is 5.32 Å². The highest BCUT2D eigenvalue weighted by atomic mass is 16.5. The number of carbonyl (C=O) groups excluding carboxylic acids is 1. The second-order valence-corrected chi connectivity index (χ2v) is 5.95. The molecule has 0 spiro atoms. The van der Waals surface area contributed by atoms with Crippen LogP contribution >= 0.6 is 0 Å². The molecule has 5 heteroatoms. The van der Waals surface area contributed by atoms with Crippen LogP contribution < -0.4 is 16.0 Å². The molecule has 3 N–H and O–H groups in total. The molecular formula is C16H25N3O2. The first-order valence-corrected chi connectivity index (χ1v) is 7.38. The van der Waals surface area contributed by atoms with Crippen molar-refractivity contribution in [1.29, 1.82) is 0 Å². The van der Waals surface area contributed by atoms with Gasteiger partial charge in [-0.1, -0.05) is 12.1 Å². The molecule has 1 heterocycles. The summed E-state index contributed by atoms with van der Waals surface area (Å²) in [7, 11) is 3.97. The molecule has 1 amide bonds. The molecule has 2 atom stereocenters. The Morgan fingerprint density at radius 2 is 2.10 bits per heavy atom. The smallest absolute Gasteiger partial charge is 0.242 e. The Labute approximate surface area is 126 Å². The maximum Gasteiger partial charge on any atom is 0.242 e. The average molecular weight is 291 g/mol. The van der Waals surface area contributed by atoms with Crippen molar-refractivity contribution in [1.82, 2.24) is 5.32 Å². The Morgan fingerprint density at radius 1 is 1.43 bits per heavy atom. The first kappa shape index (κ1) is 15.8. The van der Waals surface area contributed by atoms with Gasteiger partial charge in [0.25, 0.3) is 0 Å². The molecule has 1 aliphatic rings. The molecule has 0 radical (unpaired) electrons. The molecule has 1 aliphatic heterocycles. The zero-order valence-corrected chi connectivity index (χ0v) is 13.1. The Bertz CT molecular complexity index is 481. The van der Waals surface area contributed by atoms with Crippen molar-refractivity contribution in [3.63, 3.8) is 0 Å². The number of primary amides is 1. The van der Waals surface area contributed by atoms with Crippen LogP contribution in [0.5, 0.6) is 0 Å². The minimum atomic E-state index is -0.878. The Morgan fingerprint density at radius 3 is 2.57 bits per heavy atom. The van der Waals surface area contributed by atoms with Gasteiger partial charge >= 0.3 is 0 Å². The van der Waals surface area contributed by atoms with E-state index in [1.54, 1.807) is 0 Å². The van der Waals surface area contributed by atoms with Crippen molar-refractivity contribution < 1.29 is 9.53 Å². The van der Waals surface area contributed by atoms with Gasteiger partial charge in [-0.15, -0.1) is 0 Å². The highest BCUT2D eigenvalue weighted by Crippen LogP contribution is 2.24. The van der Waals surface area contributed by atoms with Gasteiger partial charge in [-0.3, -0.25) is 10.1 Å². The van der Waals surface area contributed by atoms with Crippen LogP contribution in [0.25, 0.3) is 0 Å². The molecule has 1 fully saturated rings. The fourth-order valence-electron chi connectivity index (χ4n) is 2.55. The quantitative estimate of drug-likeness (QED) is 0.827.